The molecule has 0 aliphatic heterocycles. The van der Waals surface area contributed by atoms with Crippen LogP contribution in [-0.2, 0) is 14.3 Å². The van der Waals surface area contributed by atoms with Crippen molar-refractivity contribution in [3.63, 3.8) is 0 Å². The number of ether oxygens (including phenoxy) is 2. The first-order chi connectivity index (χ1) is 7.94. The number of hydrogen-bond donors (Lipinski definition) is 1. The number of nitrogens with two attached hydrogens (primary N) is 1. The van der Waals surface area contributed by atoms with Gasteiger partial charge in [0.25, 0.3) is 0 Å². The fourth-order valence-electron chi connectivity index (χ4n) is 1.67. The molecule has 17 heavy (non-hydrogen) atoms. The smallest absolute Gasteiger partial charge is 0.325 e. The second-order valence-corrected chi connectivity index (χ2v) is 4.73. The number of carbonyl (C=O) groups is 1. The third-order valence-corrected chi connectivity index (χ3v) is 2.60. The molecule has 0 heterocycles. The summed E-state index contributed by atoms with van der Waals surface area (Å²) in [5.41, 5.74) is 4.96. The molecule has 0 aromatic carbocycles. The minimum atomic E-state index is -0.958. The molecule has 0 bridgehead atoms. The second kappa shape index (κ2) is 8.48. The minimum Gasteiger partial charge on any atom is -0.465 e. The predicted octanol–water partition coefficient (Wildman–Crippen LogP) is 2.25. The summed E-state index contributed by atoms with van der Waals surface area (Å²) >= 11 is 0. The molecule has 0 saturated heterocycles. The zero-order valence-corrected chi connectivity index (χ0v) is 11.6. The van der Waals surface area contributed by atoms with Gasteiger partial charge >= 0.3 is 5.97 Å². The molecule has 4 nitrogen and oxygen atoms in total. The first kappa shape index (κ1) is 16.4. The minimum absolute atomic E-state index is 0.0220. The Labute approximate surface area is 105 Å². The highest BCUT2D eigenvalue weighted by molar-refractivity contribution is 5.80. The van der Waals surface area contributed by atoms with Gasteiger partial charge in [0, 0.05) is 13.0 Å². The summed E-state index contributed by atoms with van der Waals surface area (Å²) in [7, 11) is 0. The summed E-state index contributed by atoms with van der Waals surface area (Å²) in [5, 5.41) is 0. The third kappa shape index (κ3) is 7.34. The van der Waals surface area contributed by atoms with Gasteiger partial charge in [0.1, 0.15) is 5.54 Å². The van der Waals surface area contributed by atoms with Crippen molar-refractivity contribution in [3.8, 4) is 0 Å². The standard InChI is InChI=1S/C13H27NO3/c1-5-7-8-9-17-11(3)10-13(4,14)12(15)16-6-2/h11H,5-10,14H2,1-4H3. The van der Waals surface area contributed by atoms with Crippen LogP contribution in [0.3, 0.4) is 0 Å². The molecule has 0 fully saturated rings. The highest BCUT2D eigenvalue weighted by Gasteiger charge is 2.31. The fraction of sp³-hybridized carbons (Fsp3) is 0.923. The van der Waals surface area contributed by atoms with Crippen LogP contribution in [0.25, 0.3) is 0 Å². The number of hydrogen-bond acceptors (Lipinski definition) is 4. The summed E-state index contributed by atoms with van der Waals surface area (Å²) in [5.74, 6) is -0.357. The van der Waals surface area contributed by atoms with Crippen molar-refractivity contribution in [2.24, 2.45) is 5.73 Å². The Kier molecular flexibility index (Phi) is 8.17. The molecule has 0 saturated carbocycles. The lowest BCUT2D eigenvalue weighted by atomic mass is 9.96. The summed E-state index contributed by atoms with van der Waals surface area (Å²) in [6.07, 6.45) is 3.87. The van der Waals surface area contributed by atoms with Crippen molar-refractivity contribution >= 4 is 5.97 Å². The molecule has 4 heteroatoms. The van der Waals surface area contributed by atoms with E-state index < -0.39 is 5.54 Å². The lowest BCUT2D eigenvalue weighted by Gasteiger charge is -2.25. The van der Waals surface area contributed by atoms with Crippen molar-refractivity contribution < 1.29 is 14.3 Å². The maximum atomic E-state index is 11.6. The van der Waals surface area contributed by atoms with E-state index in [2.05, 4.69) is 6.92 Å². The van der Waals surface area contributed by atoms with Crippen LogP contribution in [0.5, 0.6) is 0 Å². The van der Waals surface area contributed by atoms with E-state index in [4.69, 9.17) is 15.2 Å². The fourth-order valence-corrected chi connectivity index (χ4v) is 1.67. The van der Waals surface area contributed by atoms with Gasteiger partial charge in [-0.2, -0.15) is 0 Å². The first-order valence-corrected chi connectivity index (χ1v) is 6.51. The van der Waals surface area contributed by atoms with Crippen molar-refractivity contribution in [1.29, 1.82) is 0 Å². The van der Waals surface area contributed by atoms with E-state index in [1.165, 1.54) is 12.8 Å². The number of esters is 1. The molecule has 0 aromatic heterocycles. The van der Waals surface area contributed by atoms with E-state index in [0.29, 0.717) is 13.0 Å². The van der Waals surface area contributed by atoms with Crippen molar-refractivity contribution in [2.75, 3.05) is 13.2 Å². The van der Waals surface area contributed by atoms with Crippen LogP contribution in [0.15, 0.2) is 0 Å². The first-order valence-electron chi connectivity index (χ1n) is 6.51. The average Bonchev–Trinajstić information content (AvgIpc) is 2.24. The second-order valence-electron chi connectivity index (χ2n) is 4.73. The predicted molar refractivity (Wildman–Crippen MR) is 68.8 cm³/mol. The van der Waals surface area contributed by atoms with Gasteiger partial charge in [0.2, 0.25) is 0 Å². The Morgan fingerprint density at radius 2 is 2.00 bits per heavy atom. The van der Waals surface area contributed by atoms with Gasteiger partial charge in [-0.1, -0.05) is 19.8 Å². The molecule has 0 radical (unpaired) electrons. The molecule has 0 spiro atoms. The van der Waals surface area contributed by atoms with Crippen molar-refractivity contribution in [1.82, 2.24) is 0 Å². The van der Waals surface area contributed by atoms with Crippen molar-refractivity contribution in [2.45, 2.75) is 65.0 Å². The van der Waals surface area contributed by atoms with Crippen LogP contribution in [0.4, 0.5) is 0 Å². The van der Waals surface area contributed by atoms with Gasteiger partial charge in [-0.3, -0.25) is 4.79 Å². The molecule has 2 atom stereocenters. The van der Waals surface area contributed by atoms with Crippen LogP contribution in [0, 0.1) is 0 Å². The Hall–Kier alpha value is -0.610. The van der Waals surface area contributed by atoms with Crippen LogP contribution >= 0.6 is 0 Å². The van der Waals surface area contributed by atoms with Gasteiger partial charge in [-0.25, -0.2) is 0 Å². The van der Waals surface area contributed by atoms with Crippen LogP contribution in [-0.4, -0.2) is 30.8 Å². The van der Waals surface area contributed by atoms with E-state index in [-0.39, 0.29) is 12.1 Å². The summed E-state index contributed by atoms with van der Waals surface area (Å²) in [6.45, 7) is 8.65. The van der Waals surface area contributed by atoms with Crippen molar-refractivity contribution in [3.05, 3.63) is 0 Å². The summed E-state index contributed by atoms with van der Waals surface area (Å²) in [4.78, 5) is 11.6. The van der Waals surface area contributed by atoms with E-state index in [1.807, 2.05) is 6.92 Å². The van der Waals surface area contributed by atoms with E-state index in [1.54, 1.807) is 13.8 Å². The third-order valence-electron chi connectivity index (χ3n) is 2.60. The number of carbonyl (C=O) groups excluding carboxylic acids is 1. The Balaban J connectivity index is 3.91. The lowest BCUT2D eigenvalue weighted by molar-refractivity contribution is -0.150. The van der Waals surface area contributed by atoms with Crippen LogP contribution in [0.1, 0.15) is 53.4 Å². The average molecular weight is 245 g/mol. The number of unbranched alkanes of at least 4 members (excludes halogenated alkanes) is 2. The monoisotopic (exact) mass is 245 g/mol. The van der Waals surface area contributed by atoms with Gasteiger partial charge in [0.15, 0.2) is 0 Å². The quantitative estimate of drug-likeness (QED) is 0.500. The molecule has 102 valence electrons. The molecular weight excluding hydrogens is 218 g/mol. The van der Waals surface area contributed by atoms with E-state index in [0.717, 1.165) is 13.0 Å². The molecule has 2 unspecified atom stereocenters. The van der Waals surface area contributed by atoms with E-state index in [9.17, 15) is 4.79 Å². The number of rotatable bonds is 9. The van der Waals surface area contributed by atoms with E-state index >= 15 is 0 Å². The van der Waals surface area contributed by atoms with Gasteiger partial charge in [-0.15, -0.1) is 0 Å². The maximum Gasteiger partial charge on any atom is 0.325 e. The summed E-state index contributed by atoms with van der Waals surface area (Å²) < 4.78 is 10.6. The molecule has 0 amide bonds. The highest BCUT2D eigenvalue weighted by atomic mass is 16.5. The SMILES string of the molecule is CCCCCOC(C)CC(C)(N)C(=O)OCC. The Bertz CT molecular complexity index is 217. The van der Waals surface area contributed by atoms with Crippen LogP contribution < -0.4 is 5.73 Å². The molecule has 0 aliphatic rings. The molecule has 0 aromatic rings. The zero-order chi connectivity index (χ0) is 13.3. The molecule has 2 N–H and O–H groups in total. The lowest BCUT2D eigenvalue weighted by Crippen LogP contribution is -2.48. The zero-order valence-electron chi connectivity index (χ0n) is 11.6. The highest BCUT2D eigenvalue weighted by Crippen LogP contribution is 2.14. The van der Waals surface area contributed by atoms with Gasteiger partial charge < -0.3 is 15.2 Å². The Morgan fingerprint density at radius 3 is 2.53 bits per heavy atom. The van der Waals surface area contributed by atoms with Gasteiger partial charge in [-0.05, 0) is 27.2 Å². The Morgan fingerprint density at radius 1 is 1.35 bits per heavy atom. The van der Waals surface area contributed by atoms with Crippen LogP contribution in [0.2, 0.25) is 0 Å². The normalized spacial score (nSPS) is 16.3. The molecule has 0 rings (SSSR count). The van der Waals surface area contributed by atoms with Gasteiger partial charge in [0.05, 0.1) is 12.7 Å². The molecular formula is C13H27NO3. The topological polar surface area (TPSA) is 61.5 Å². The summed E-state index contributed by atoms with van der Waals surface area (Å²) in [6, 6.07) is 0. The largest absolute Gasteiger partial charge is 0.465 e. The maximum absolute atomic E-state index is 11.6. The molecule has 0 aliphatic carbocycles.